The smallest absolute Gasteiger partial charge is 0.214 e. The van der Waals surface area contributed by atoms with Crippen molar-refractivity contribution in [1.82, 2.24) is 9.62 Å². The molecule has 1 fully saturated rings. The van der Waals surface area contributed by atoms with Crippen LogP contribution in [0.5, 0.6) is 0 Å². The number of nitrogens with zero attached hydrogens (tertiary/aromatic N) is 1. The Balaban J connectivity index is 1.88. The first-order valence-corrected chi connectivity index (χ1v) is 10.1. The molecule has 1 aromatic rings. The van der Waals surface area contributed by atoms with E-state index in [0.717, 1.165) is 38.0 Å². The van der Waals surface area contributed by atoms with Crippen molar-refractivity contribution in [3.05, 3.63) is 35.6 Å². The molecule has 1 saturated heterocycles. The van der Waals surface area contributed by atoms with E-state index >= 15 is 0 Å². The van der Waals surface area contributed by atoms with E-state index in [9.17, 15) is 12.8 Å². The summed E-state index contributed by atoms with van der Waals surface area (Å²) in [4.78, 5) is 2.28. The molecule has 136 valence electrons. The van der Waals surface area contributed by atoms with Crippen LogP contribution < -0.4 is 4.72 Å². The van der Waals surface area contributed by atoms with E-state index in [2.05, 4.69) is 16.5 Å². The Hall–Kier alpha value is -1.02. The van der Waals surface area contributed by atoms with Crippen LogP contribution in [0.25, 0.3) is 0 Å². The molecule has 2 rings (SSSR count). The molecule has 0 aliphatic carbocycles. The van der Waals surface area contributed by atoms with Crippen molar-refractivity contribution >= 4 is 10.0 Å². The first kappa shape index (κ1) is 19.3. The zero-order valence-electron chi connectivity index (χ0n) is 14.4. The van der Waals surface area contributed by atoms with Crippen molar-refractivity contribution in [1.29, 1.82) is 0 Å². The molecule has 0 saturated carbocycles. The van der Waals surface area contributed by atoms with Crippen molar-refractivity contribution in [2.75, 3.05) is 32.5 Å². The second kappa shape index (κ2) is 8.89. The third-order valence-corrected chi connectivity index (χ3v) is 5.78. The lowest BCUT2D eigenvalue weighted by Crippen LogP contribution is -2.41. The lowest BCUT2D eigenvalue weighted by atomic mass is 10.1. The number of benzene rings is 1. The monoisotopic (exact) mass is 358 g/mol. The van der Waals surface area contributed by atoms with E-state index in [1.807, 2.05) is 0 Å². The molecule has 1 aliphatic rings. The van der Waals surface area contributed by atoms with Crippen LogP contribution in [0.3, 0.4) is 0 Å². The molecule has 2 unspecified atom stereocenters. The summed E-state index contributed by atoms with van der Waals surface area (Å²) >= 11 is 0. The van der Waals surface area contributed by atoms with Crippen LogP contribution >= 0.6 is 0 Å². The second-order valence-electron chi connectivity index (χ2n) is 6.37. The Morgan fingerprint density at radius 3 is 2.71 bits per heavy atom. The Morgan fingerprint density at radius 1 is 1.38 bits per heavy atom. The van der Waals surface area contributed by atoms with E-state index in [4.69, 9.17) is 4.74 Å². The predicted molar refractivity (Wildman–Crippen MR) is 93.0 cm³/mol. The molecular formula is C17H27FN2O3S. The van der Waals surface area contributed by atoms with Crippen molar-refractivity contribution < 1.29 is 17.5 Å². The van der Waals surface area contributed by atoms with E-state index in [1.54, 1.807) is 12.1 Å². The maximum absolute atomic E-state index is 12.9. The highest BCUT2D eigenvalue weighted by Crippen LogP contribution is 2.13. The molecular weight excluding hydrogens is 331 g/mol. The summed E-state index contributed by atoms with van der Waals surface area (Å²) in [6.45, 7) is 4.83. The number of sulfonamides is 1. The van der Waals surface area contributed by atoms with Gasteiger partial charge in [-0.05, 0) is 50.0 Å². The minimum absolute atomic E-state index is 0.0233. The Morgan fingerprint density at radius 2 is 2.08 bits per heavy atom. The van der Waals surface area contributed by atoms with E-state index < -0.39 is 16.1 Å². The quantitative estimate of drug-likeness (QED) is 0.731. The van der Waals surface area contributed by atoms with Crippen LogP contribution in [0, 0.1) is 5.82 Å². The molecule has 0 bridgehead atoms. The number of hydrogen-bond acceptors (Lipinski definition) is 4. The van der Waals surface area contributed by atoms with Crippen molar-refractivity contribution in [2.24, 2.45) is 0 Å². The Kier molecular flexibility index (Phi) is 7.16. The fourth-order valence-corrected chi connectivity index (χ4v) is 4.63. The summed E-state index contributed by atoms with van der Waals surface area (Å²) in [6, 6.07) is 6.03. The third kappa shape index (κ3) is 6.12. The standard InChI is InChI=1S/C17H27FN2O3S/c1-3-9-20-10-8-16(12-20)19-24(21,22)13-17(23-2)11-14-4-6-15(18)7-5-14/h4-7,16-17,19H,3,8-13H2,1-2H3. The predicted octanol–water partition coefficient (Wildman–Crippen LogP) is 1.79. The van der Waals surface area contributed by atoms with Gasteiger partial charge in [0.1, 0.15) is 5.82 Å². The molecule has 5 nitrogen and oxygen atoms in total. The molecule has 1 aliphatic heterocycles. The summed E-state index contributed by atoms with van der Waals surface area (Å²) in [7, 11) is -1.92. The summed E-state index contributed by atoms with van der Waals surface area (Å²) in [6.07, 6.45) is 1.89. The first-order chi connectivity index (χ1) is 11.4. The zero-order valence-corrected chi connectivity index (χ0v) is 15.2. The highest BCUT2D eigenvalue weighted by Gasteiger charge is 2.27. The Labute approximate surface area is 144 Å². The SMILES string of the molecule is CCCN1CCC(NS(=O)(=O)CC(Cc2ccc(F)cc2)OC)C1. The van der Waals surface area contributed by atoms with Gasteiger partial charge < -0.3 is 9.64 Å². The van der Waals surface area contributed by atoms with E-state index in [0.29, 0.717) is 6.42 Å². The number of likely N-dealkylation sites (tertiary alicyclic amines) is 1. The maximum atomic E-state index is 12.9. The van der Waals surface area contributed by atoms with Gasteiger partial charge in [-0.3, -0.25) is 0 Å². The number of rotatable bonds is 9. The number of ether oxygens (including phenoxy) is 1. The van der Waals surface area contributed by atoms with Gasteiger partial charge in [-0.15, -0.1) is 0 Å². The zero-order chi connectivity index (χ0) is 17.6. The number of halogens is 1. The highest BCUT2D eigenvalue weighted by molar-refractivity contribution is 7.89. The summed E-state index contributed by atoms with van der Waals surface area (Å²) in [5.41, 5.74) is 0.855. The number of nitrogens with one attached hydrogen (secondary N) is 1. The van der Waals surface area contributed by atoms with Gasteiger partial charge in [-0.25, -0.2) is 17.5 Å². The summed E-state index contributed by atoms with van der Waals surface area (Å²) < 4.78 is 45.9. The van der Waals surface area contributed by atoms with Crippen molar-refractivity contribution in [3.63, 3.8) is 0 Å². The van der Waals surface area contributed by atoms with Gasteiger partial charge in [0.2, 0.25) is 10.0 Å². The van der Waals surface area contributed by atoms with Crippen LogP contribution in [-0.2, 0) is 21.2 Å². The maximum Gasteiger partial charge on any atom is 0.214 e. The Bertz CT molecular complexity index is 607. The average Bonchev–Trinajstić information content (AvgIpc) is 2.95. The molecule has 1 aromatic carbocycles. The van der Waals surface area contributed by atoms with E-state index in [-0.39, 0.29) is 17.6 Å². The molecule has 0 radical (unpaired) electrons. The molecule has 7 heteroatoms. The van der Waals surface area contributed by atoms with Crippen molar-refractivity contribution in [3.8, 4) is 0 Å². The topological polar surface area (TPSA) is 58.6 Å². The minimum atomic E-state index is -3.42. The number of methoxy groups -OCH3 is 1. The lowest BCUT2D eigenvalue weighted by molar-refractivity contribution is 0.120. The summed E-state index contributed by atoms with van der Waals surface area (Å²) in [5.74, 6) is -0.398. The molecule has 1 heterocycles. The first-order valence-electron chi connectivity index (χ1n) is 8.41. The third-order valence-electron chi connectivity index (χ3n) is 4.27. The van der Waals surface area contributed by atoms with Gasteiger partial charge >= 0.3 is 0 Å². The largest absolute Gasteiger partial charge is 0.380 e. The van der Waals surface area contributed by atoms with Gasteiger partial charge in [0.25, 0.3) is 0 Å². The molecule has 0 amide bonds. The normalized spacial score (nSPS) is 20.4. The van der Waals surface area contributed by atoms with Gasteiger partial charge in [0.15, 0.2) is 0 Å². The average molecular weight is 358 g/mol. The summed E-state index contributed by atoms with van der Waals surface area (Å²) in [5, 5.41) is 0. The second-order valence-corrected chi connectivity index (χ2v) is 8.17. The minimum Gasteiger partial charge on any atom is -0.380 e. The van der Waals surface area contributed by atoms with Crippen LogP contribution in [0.15, 0.2) is 24.3 Å². The van der Waals surface area contributed by atoms with Crippen LogP contribution in [-0.4, -0.2) is 58.0 Å². The van der Waals surface area contributed by atoms with Gasteiger partial charge in [0.05, 0.1) is 11.9 Å². The van der Waals surface area contributed by atoms with Crippen LogP contribution in [0.1, 0.15) is 25.3 Å². The highest BCUT2D eigenvalue weighted by atomic mass is 32.2. The molecule has 0 spiro atoms. The fraction of sp³-hybridized carbons (Fsp3) is 0.647. The van der Waals surface area contributed by atoms with Gasteiger partial charge in [-0.2, -0.15) is 0 Å². The molecule has 0 aromatic heterocycles. The van der Waals surface area contributed by atoms with Crippen LogP contribution in [0.4, 0.5) is 4.39 Å². The molecule has 2 atom stereocenters. The number of hydrogen-bond donors (Lipinski definition) is 1. The lowest BCUT2D eigenvalue weighted by Gasteiger charge is -2.19. The van der Waals surface area contributed by atoms with Gasteiger partial charge in [0, 0.05) is 19.7 Å². The fourth-order valence-electron chi connectivity index (χ4n) is 3.09. The van der Waals surface area contributed by atoms with E-state index in [1.165, 1.54) is 19.2 Å². The van der Waals surface area contributed by atoms with Crippen molar-refractivity contribution in [2.45, 2.75) is 38.3 Å². The van der Waals surface area contributed by atoms with Crippen LogP contribution in [0.2, 0.25) is 0 Å². The molecule has 24 heavy (non-hydrogen) atoms. The molecule has 1 N–H and O–H groups in total. The van der Waals surface area contributed by atoms with Gasteiger partial charge in [-0.1, -0.05) is 19.1 Å².